The number of hydrogen-bond donors (Lipinski definition) is 3. The molecule has 1 aromatic carbocycles. The van der Waals surface area contributed by atoms with Crippen molar-refractivity contribution < 1.29 is 22.8 Å². The van der Waals surface area contributed by atoms with E-state index in [1.54, 1.807) is 12.1 Å². The Morgan fingerprint density at radius 2 is 1.71 bits per heavy atom. The van der Waals surface area contributed by atoms with E-state index < -0.39 is 21.8 Å². The van der Waals surface area contributed by atoms with Crippen LogP contribution in [0.25, 0.3) is 0 Å². The van der Waals surface area contributed by atoms with Crippen LogP contribution in [-0.4, -0.2) is 50.7 Å². The summed E-state index contributed by atoms with van der Waals surface area (Å²) in [7, 11) is -3.69. The van der Waals surface area contributed by atoms with E-state index in [9.17, 15) is 22.8 Å². The first-order chi connectivity index (χ1) is 13.3. The third kappa shape index (κ3) is 6.93. The zero-order valence-corrected chi connectivity index (χ0v) is 16.7. The average molecular weight is 410 g/mol. The second-order valence-corrected chi connectivity index (χ2v) is 8.45. The topological polar surface area (TPSA) is 125 Å². The fraction of sp³-hybridized carbons (Fsp3) is 0.500. The molecule has 0 aliphatic carbocycles. The van der Waals surface area contributed by atoms with E-state index >= 15 is 0 Å². The van der Waals surface area contributed by atoms with Crippen LogP contribution < -0.4 is 15.6 Å². The Morgan fingerprint density at radius 3 is 2.43 bits per heavy atom. The van der Waals surface area contributed by atoms with E-state index in [0.29, 0.717) is 13.0 Å². The molecule has 9 nitrogen and oxygen atoms in total. The van der Waals surface area contributed by atoms with Crippen LogP contribution >= 0.6 is 0 Å². The molecule has 3 amide bonds. The largest absolute Gasteiger partial charge is 0.333 e. The van der Waals surface area contributed by atoms with Gasteiger partial charge in [-0.25, -0.2) is 13.1 Å². The molecular weight excluding hydrogens is 384 g/mol. The van der Waals surface area contributed by atoms with Crippen molar-refractivity contribution in [2.75, 3.05) is 19.6 Å². The SMILES string of the molecule is Cc1ccc(S(=O)(=O)NCCC(=O)NNC(=O)CN2CCCCCC2=O)cc1. The summed E-state index contributed by atoms with van der Waals surface area (Å²) in [5.74, 6) is -1.10. The van der Waals surface area contributed by atoms with Crippen LogP contribution in [0, 0.1) is 6.92 Å². The summed E-state index contributed by atoms with van der Waals surface area (Å²) in [6.07, 6.45) is 2.92. The van der Waals surface area contributed by atoms with E-state index in [-0.39, 0.29) is 30.3 Å². The lowest BCUT2D eigenvalue weighted by Crippen LogP contribution is -2.48. The molecule has 1 aliphatic heterocycles. The van der Waals surface area contributed by atoms with Crippen molar-refractivity contribution in [2.45, 2.75) is 43.9 Å². The molecule has 28 heavy (non-hydrogen) atoms. The maximum absolute atomic E-state index is 12.1. The molecule has 1 fully saturated rings. The fourth-order valence-corrected chi connectivity index (χ4v) is 3.75. The van der Waals surface area contributed by atoms with E-state index in [2.05, 4.69) is 15.6 Å². The van der Waals surface area contributed by atoms with Gasteiger partial charge >= 0.3 is 0 Å². The monoisotopic (exact) mass is 410 g/mol. The minimum atomic E-state index is -3.69. The second kappa shape index (κ2) is 10.2. The summed E-state index contributed by atoms with van der Waals surface area (Å²) in [4.78, 5) is 37.1. The average Bonchev–Trinajstić information content (AvgIpc) is 2.85. The highest BCUT2D eigenvalue weighted by Crippen LogP contribution is 2.11. The van der Waals surface area contributed by atoms with Crippen LogP contribution in [-0.2, 0) is 24.4 Å². The van der Waals surface area contributed by atoms with E-state index in [0.717, 1.165) is 24.8 Å². The van der Waals surface area contributed by atoms with Crippen molar-refractivity contribution in [1.82, 2.24) is 20.5 Å². The number of aryl methyl sites for hydroxylation is 1. The molecular formula is C18H26N4O5S. The van der Waals surface area contributed by atoms with Gasteiger partial charge in [0.15, 0.2) is 0 Å². The highest BCUT2D eigenvalue weighted by atomic mass is 32.2. The number of hydrazine groups is 1. The number of nitrogens with one attached hydrogen (secondary N) is 3. The van der Waals surface area contributed by atoms with Gasteiger partial charge in [0.25, 0.3) is 5.91 Å². The maximum Gasteiger partial charge on any atom is 0.257 e. The van der Waals surface area contributed by atoms with Gasteiger partial charge in [0.1, 0.15) is 6.54 Å². The van der Waals surface area contributed by atoms with Gasteiger partial charge in [-0.15, -0.1) is 0 Å². The standard InChI is InChI=1S/C18H26N4O5S/c1-14-6-8-15(9-7-14)28(26,27)19-11-10-16(23)20-21-17(24)13-22-12-4-2-3-5-18(22)25/h6-9,19H,2-5,10-13H2,1H3,(H,20,23)(H,21,24). The molecule has 0 unspecified atom stereocenters. The molecule has 154 valence electrons. The number of sulfonamides is 1. The first kappa shape index (κ1) is 21.8. The van der Waals surface area contributed by atoms with Gasteiger partial charge in [0.2, 0.25) is 21.8 Å². The van der Waals surface area contributed by atoms with Gasteiger partial charge in [-0.3, -0.25) is 25.2 Å². The van der Waals surface area contributed by atoms with Crippen LogP contribution in [0.4, 0.5) is 0 Å². The van der Waals surface area contributed by atoms with Crippen molar-refractivity contribution in [3.8, 4) is 0 Å². The van der Waals surface area contributed by atoms with Crippen LogP contribution in [0.1, 0.15) is 37.7 Å². The van der Waals surface area contributed by atoms with Crippen LogP contribution in [0.2, 0.25) is 0 Å². The Morgan fingerprint density at radius 1 is 1.04 bits per heavy atom. The lowest BCUT2D eigenvalue weighted by molar-refractivity contribution is -0.136. The zero-order valence-electron chi connectivity index (χ0n) is 15.9. The fourth-order valence-electron chi connectivity index (χ4n) is 2.72. The lowest BCUT2D eigenvalue weighted by Gasteiger charge is -2.19. The normalized spacial score (nSPS) is 15.0. The van der Waals surface area contributed by atoms with Crippen LogP contribution in [0.5, 0.6) is 0 Å². The van der Waals surface area contributed by atoms with Gasteiger partial charge in [0, 0.05) is 25.9 Å². The number of carbonyl (C=O) groups is 3. The van der Waals surface area contributed by atoms with Crippen molar-refractivity contribution in [3.63, 3.8) is 0 Å². The first-order valence-corrected chi connectivity index (χ1v) is 10.7. The van der Waals surface area contributed by atoms with Crippen molar-refractivity contribution in [1.29, 1.82) is 0 Å². The molecule has 2 rings (SSSR count). The van der Waals surface area contributed by atoms with Gasteiger partial charge in [0.05, 0.1) is 4.90 Å². The number of hydrogen-bond acceptors (Lipinski definition) is 5. The predicted octanol–water partition coefficient (Wildman–Crippen LogP) is 0.213. The molecule has 1 heterocycles. The molecule has 0 bridgehead atoms. The molecule has 1 aromatic rings. The highest BCUT2D eigenvalue weighted by Gasteiger charge is 2.19. The summed E-state index contributed by atoms with van der Waals surface area (Å²) < 4.78 is 26.6. The molecule has 3 N–H and O–H groups in total. The summed E-state index contributed by atoms with van der Waals surface area (Å²) in [6.45, 7) is 2.16. The summed E-state index contributed by atoms with van der Waals surface area (Å²) >= 11 is 0. The van der Waals surface area contributed by atoms with Gasteiger partial charge in [-0.2, -0.15) is 0 Å². The van der Waals surface area contributed by atoms with E-state index in [1.807, 2.05) is 6.92 Å². The highest BCUT2D eigenvalue weighted by molar-refractivity contribution is 7.89. The molecule has 0 saturated carbocycles. The Balaban J connectivity index is 1.70. The van der Waals surface area contributed by atoms with Gasteiger partial charge in [-0.1, -0.05) is 24.1 Å². The van der Waals surface area contributed by atoms with Crippen molar-refractivity contribution in [2.24, 2.45) is 0 Å². The minimum Gasteiger partial charge on any atom is -0.333 e. The number of amides is 3. The van der Waals surface area contributed by atoms with Crippen molar-refractivity contribution >= 4 is 27.7 Å². The molecule has 0 spiro atoms. The Bertz CT molecular complexity index is 808. The Kier molecular flexibility index (Phi) is 7.94. The lowest BCUT2D eigenvalue weighted by atomic mass is 10.2. The second-order valence-electron chi connectivity index (χ2n) is 6.68. The van der Waals surface area contributed by atoms with Crippen molar-refractivity contribution in [3.05, 3.63) is 29.8 Å². The maximum atomic E-state index is 12.1. The van der Waals surface area contributed by atoms with E-state index in [4.69, 9.17) is 0 Å². The Hall–Kier alpha value is -2.46. The third-order valence-electron chi connectivity index (χ3n) is 4.32. The number of carbonyl (C=O) groups excluding carboxylic acids is 3. The van der Waals surface area contributed by atoms with Crippen LogP contribution in [0.15, 0.2) is 29.2 Å². The first-order valence-electron chi connectivity index (χ1n) is 9.20. The molecule has 10 heteroatoms. The van der Waals surface area contributed by atoms with Gasteiger partial charge in [-0.05, 0) is 31.9 Å². The number of benzene rings is 1. The third-order valence-corrected chi connectivity index (χ3v) is 5.80. The van der Waals surface area contributed by atoms with Gasteiger partial charge < -0.3 is 4.90 Å². The Labute approximate surface area is 164 Å². The van der Waals surface area contributed by atoms with E-state index in [1.165, 1.54) is 17.0 Å². The molecule has 0 atom stereocenters. The molecule has 1 saturated heterocycles. The number of likely N-dealkylation sites (tertiary alicyclic amines) is 1. The number of rotatable bonds is 7. The molecule has 1 aliphatic rings. The molecule has 0 radical (unpaired) electrons. The summed E-state index contributed by atoms with van der Waals surface area (Å²) in [5.41, 5.74) is 5.41. The van der Waals surface area contributed by atoms with Crippen LogP contribution in [0.3, 0.4) is 0 Å². The summed E-state index contributed by atoms with van der Waals surface area (Å²) in [5, 5.41) is 0. The predicted molar refractivity (Wildman–Crippen MR) is 102 cm³/mol. The zero-order chi connectivity index (χ0) is 20.6. The number of nitrogens with zero attached hydrogens (tertiary/aromatic N) is 1. The minimum absolute atomic E-state index is 0.0653. The molecule has 0 aromatic heterocycles. The smallest absolute Gasteiger partial charge is 0.257 e. The quantitative estimate of drug-likeness (QED) is 0.555. The summed E-state index contributed by atoms with van der Waals surface area (Å²) in [6, 6.07) is 6.35.